The van der Waals surface area contributed by atoms with Crippen molar-refractivity contribution in [3.05, 3.63) is 125 Å². The zero-order valence-electron chi connectivity index (χ0n) is 24.7. The van der Waals surface area contributed by atoms with Crippen LogP contribution in [0.1, 0.15) is 42.1 Å². The molecular formula is C36H35NO6. The lowest BCUT2D eigenvalue weighted by Gasteiger charge is -2.26. The Kier molecular flexibility index (Phi) is 8.81. The van der Waals surface area contributed by atoms with Gasteiger partial charge in [0.05, 0.1) is 25.3 Å². The van der Waals surface area contributed by atoms with Crippen LogP contribution in [0.15, 0.2) is 103 Å². The molecule has 4 aromatic rings. The molecule has 1 saturated heterocycles. The maximum absolute atomic E-state index is 13.6. The molecule has 43 heavy (non-hydrogen) atoms. The number of aryl methyl sites for hydroxylation is 1. The van der Waals surface area contributed by atoms with Gasteiger partial charge in [-0.3, -0.25) is 14.5 Å². The van der Waals surface area contributed by atoms with E-state index in [9.17, 15) is 14.7 Å². The van der Waals surface area contributed by atoms with E-state index in [-0.39, 0.29) is 11.3 Å². The van der Waals surface area contributed by atoms with Crippen molar-refractivity contribution in [2.24, 2.45) is 5.92 Å². The molecule has 7 nitrogen and oxygen atoms in total. The molecule has 1 N–H and O–H groups in total. The Hall–Kier alpha value is -5.04. The van der Waals surface area contributed by atoms with Gasteiger partial charge >= 0.3 is 0 Å². The van der Waals surface area contributed by atoms with Gasteiger partial charge in [-0.1, -0.05) is 56.3 Å². The molecule has 0 aliphatic carbocycles. The fraction of sp³-hybridized carbons (Fsp3) is 0.222. The van der Waals surface area contributed by atoms with E-state index >= 15 is 0 Å². The molecule has 5 rings (SSSR count). The number of ether oxygens (including phenoxy) is 3. The second kappa shape index (κ2) is 12.9. The summed E-state index contributed by atoms with van der Waals surface area (Å²) < 4.78 is 17.1. The summed E-state index contributed by atoms with van der Waals surface area (Å²) >= 11 is 0. The third-order valence-corrected chi connectivity index (χ3v) is 7.26. The van der Waals surface area contributed by atoms with Crippen LogP contribution in [0.4, 0.5) is 5.69 Å². The number of carbonyl (C=O) groups is 2. The highest BCUT2D eigenvalue weighted by molar-refractivity contribution is 6.51. The van der Waals surface area contributed by atoms with Crippen LogP contribution in [0, 0.1) is 12.8 Å². The molecule has 0 spiro atoms. The minimum absolute atomic E-state index is 0.00709. The van der Waals surface area contributed by atoms with Crippen molar-refractivity contribution in [2.75, 3.05) is 18.6 Å². The summed E-state index contributed by atoms with van der Waals surface area (Å²) in [7, 11) is 1.57. The second-order valence-corrected chi connectivity index (χ2v) is 10.9. The number of rotatable bonds is 10. The first-order valence-corrected chi connectivity index (χ1v) is 14.2. The third kappa shape index (κ3) is 6.41. The predicted octanol–water partition coefficient (Wildman–Crippen LogP) is 7.24. The lowest BCUT2D eigenvalue weighted by Crippen LogP contribution is -2.29. The van der Waals surface area contributed by atoms with Crippen molar-refractivity contribution in [2.45, 2.75) is 33.4 Å². The molecule has 0 radical (unpaired) electrons. The first-order valence-electron chi connectivity index (χ1n) is 14.2. The molecule has 220 valence electrons. The van der Waals surface area contributed by atoms with Gasteiger partial charge in [0, 0.05) is 11.3 Å². The van der Waals surface area contributed by atoms with Crippen LogP contribution >= 0.6 is 0 Å². The zero-order valence-corrected chi connectivity index (χ0v) is 24.7. The average Bonchev–Trinajstić information content (AvgIpc) is 3.29. The number of hydrogen-bond acceptors (Lipinski definition) is 6. The molecule has 0 saturated carbocycles. The van der Waals surface area contributed by atoms with Crippen LogP contribution in [-0.2, 0) is 16.2 Å². The summed E-state index contributed by atoms with van der Waals surface area (Å²) in [6.45, 7) is 6.96. The standard InChI is InChI=1S/C36H35NO6/c1-23(2)21-42-30-17-13-28(14-18-30)37-33(26-10-15-29(41-4)16-11-26)32(35(39)36(37)40)34(38)27-12-19-31(24(3)20-27)43-22-25-8-6-5-7-9-25/h5-20,23,33,38H,21-22H2,1-4H3/b34-32-. The van der Waals surface area contributed by atoms with Crippen molar-refractivity contribution in [3.8, 4) is 17.2 Å². The summed E-state index contributed by atoms with van der Waals surface area (Å²) in [6.07, 6.45) is 0. The summed E-state index contributed by atoms with van der Waals surface area (Å²) in [5.74, 6) is 0.580. The molecule has 4 aromatic carbocycles. The molecule has 0 bridgehead atoms. The van der Waals surface area contributed by atoms with Gasteiger partial charge in [0.2, 0.25) is 0 Å². The van der Waals surface area contributed by atoms with E-state index in [4.69, 9.17) is 14.2 Å². The van der Waals surface area contributed by atoms with E-state index in [2.05, 4.69) is 13.8 Å². The number of anilines is 1. The van der Waals surface area contributed by atoms with Crippen LogP contribution in [0.3, 0.4) is 0 Å². The Morgan fingerprint density at radius 1 is 0.860 bits per heavy atom. The Bertz CT molecular complexity index is 1630. The van der Waals surface area contributed by atoms with Crippen molar-refractivity contribution < 1.29 is 28.9 Å². The monoisotopic (exact) mass is 577 g/mol. The smallest absolute Gasteiger partial charge is 0.300 e. The minimum Gasteiger partial charge on any atom is -0.507 e. The maximum atomic E-state index is 13.6. The molecule has 1 atom stereocenters. The number of benzene rings is 4. The Labute approximate surface area is 252 Å². The molecule has 1 aliphatic heterocycles. The molecular weight excluding hydrogens is 542 g/mol. The van der Waals surface area contributed by atoms with Gasteiger partial charge in [-0.2, -0.15) is 0 Å². The fourth-order valence-electron chi connectivity index (χ4n) is 5.02. The Balaban J connectivity index is 1.52. The summed E-state index contributed by atoms with van der Waals surface area (Å²) in [6, 6.07) is 28.4. The summed E-state index contributed by atoms with van der Waals surface area (Å²) in [4.78, 5) is 28.6. The van der Waals surface area contributed by atoms with Gasteiger partial charge in [-0.05, 0) is 84.1 Å². The van der Waals surface area contributed by atoms with Crippen molar-refractivity contribution in [1.82, 2.24) is 0 Å². The van der Waals surface area contributed by atoms with Gasteiger partial charge in [-0.15, -0.1) is 0 Å². The van der Waals surface area contributed by atoms with E-state index in [1.54, 1.807) is 73.8 Å². The Morgan fingerprint density at radius 2 is 1.53 bits per heavy atom. The number of hydrogen-bond donors (Lipinski definition) is 1. The second-order valence-electron chi connectivity index (χ2n) is 10.9. The molecule has 0 aromatic heterocycles. The number of nitrogens with zero attached hydrogens (tertiary/aromatic N) is 1. The number of methoxy groups -OCH3 is 1. The molecule has 1 fully saturated rings. The first kappa shape index (κ1) is 29.5. The van der Waals surface area contributed by atoms with E-state index in [0.717, 1.165) is 11.1 Å². The molecule has 7 heteroatoms. The van der Waals surface area contributed by atoms with Crippen LogP contribution < -0.4 is 19.1 Å². The van der Waals surface area contributed by atoms with Gasteiger partial charge in [0.25, 0.3) is 11.7 Å². The fourth-order valence-corrected chi connectivity index (χ4v) is 5.02. The van der Waals surface area contributed by atoms with E-state index in [0.29, 0.717) is 53.2 Å². The number of amides is 1. The van der Waals surface area contributed by atoms with Gasteiger partial charge < -0.3 is 19.3 Å². The number of aliphatic hydroxyl groups excluding tert-OH is 1. The van der Waals surface area contributed by atoms with Crippen LogP contribution in [0.25, 0.3) is 5.76 Å². The highest BCUT2D eigenvalue weighted by atomic mass is 16.5. The van der Waals surface area contributed by atoms with Crippen LogP contribution in [0.5, 0.6) is 17.2 Å². The normalized spacial score (nSPS) is 16.0. The first-order chi connectivity index (χ1) is 20.8. The lowest BCUT2D eigenvalue weighted by atomic mass is 9.94. The summed E-state index contributed by atoms with van der Waals surface area (Å²) in [5, 5.41) is 11.6. The van der Waals surface area contributed by atoms with Crippen molar-refractivity contribution in [1.29, 1.82) is 0 Å². The highest BCUT2D eigenvalue weighted by Gasteiger charge is 2.47. The quantitative estimate of drug-likeness (QED) is 0.121. The van der Waals surface area contributed by atoms with Crippen molar-refractivity contribution >= 4 is 23.1 Å². The maximum Gasteiger partial charge on any atom is 0.300 e. The molecule has 1 unspecified atom stereocenters. The van der Waals surface area contributed by atoms with Gasteiger partial charge in [0.15, 0.2) is 0 Å². The van der Waals surface area contributed by atoms with Gasteiger partial charge in [-0.25, -0.2) is 0 Å². The predicted molar refractivity (Wildman–Crippen MR) is 167 cm³/mol. The summed E-state index contributed by atoms with van der Waals surface area (Å²) in [5.41, 5.74) is 3.41. The number of aliphatic hydroxyl groups is 1. The lowest BCUT2D eigenvalue weighted by molar-refractivity contribution is -0.132. The molecule has 1 aliphatic rings. The van der Waals surface area contributed by atoms with Crippen LogP contribution in [0.2, 0.25) is 0 Å². The van der Waals surface area contributed by atoms with Gasteiger partial charge in [0.1, 0.15) is 29.6 Å². The molecule has 1 amide bonds. The topological polar surface area (TPSA) is 85.3 Å². The molecule has 1 heterocycles. The van der Waals surface area contributed by atoms with Crippen molar-refractivity contribution in [3.63, 3.8) is 0 Å². The number of Topliss-reactive ketones (excluding diaryl/α,β-unsaturated/α-hetero) is 1. The number of ketones is 1. The number of carbonyl (C=O) groups excluding carboxylic acids is 2. The SMILES string of the molecule is COc1ccc(C2/C(=C(/O)c3ccc(OCc4ccccc4)c(C)c3)C(=O)C(=O)N2c2ccc(OCC(C)C)cc2)cc1. The zero-order chi connectivity index (χ0) is 30.5. The van der Waals surface area contributed by atoms with E-state index in [1.807, 2.05) is 37.3 Å². The van der Waals surface area contributed by atoms with E-state index < -0.39 is 17.7 Å². The minimum atomic E-state index is -0.859. The third-order valence-electron chi connectivity index (χ3n) is 7.26. The van der Waals surface area contributed by atoms with E-state index in [1.165, 1.54) is 4.90 Å². The van der Waals surface area contributed by atoms with Crippen LogP contribution in [-0.4, -0.2) is 30.5 Å². The largest absolute Gasteiger partial charge is 0.507 e. The highest BCUT2D eigenvalue weighted by Crippen LogP contribution is 2.43. The Morgan fingerprint density at radius 3 is 2.16 bits per heavy atom. The average molecular weight is 578 g/mol.